The molecule has 2 atom stereocenters. The van der Waals surface area contributed by atoms with Crippen LogP contribution in [0.4, 0.5) is 0 Å². The molecule has 0 heterocycles. The van der Waals surface area contributed by atoms with Gasteiger partial charge < -0.3 is 0 Å². The Bertz CT molecular complexity index is 472. The summed E-state index contributed by atoms with van der Waals surface area (Å²) in [5.74, 6) is 1.37. The molecule has 0 aliphatic heterocycles. The minimum Gasteiger partial charge on any atom is -0.299 e. The zero-order valence-corrected chi connectivity index (χ0v) is 12.3. The van der Waals surface area contributed by atoms with Crippen LogP contribution in [0, 0.1) is 22.7 Å². The monoisotopic (exact) mass is 244 g/mol. The van der Waals surface area contributed by atoms with E-state index in [0.717, 1.165) is 17.6 Å². The third kappa shape index (κ3) is 1.57. The van der Waals surface area contributed by atoms with E-state index in [0.29, 0.717) is 24.0 Å². The van der Waals surface area contributed by atoms with Gasteiger partial charge in [-0.25, -0.2) is 0 Å². The highest BCUT2D eigenvalue weighted by atomic mass is 16.1. The maximum Gasteiger partial charge on any atom is 0.144 e. The molecule has 3 aliphatic rings. The van der Waals surface area contributed by atoms with Gasteiger partial charge in [-0.1, -0.05) is 41.2 Å². The van der Waals surface area contributed by atoms with Crippen LogP contribution in [0.5, 0.6) is 0 Å². The molecule has 2 bridgehead atoms. The van der Waals surface area contributed by atoms with Crippen LogP contribution in [0.2, 0.25) is 0 Å². The van der Waals surface area contributed by atoms with Gasteiger partial charge in [-0.2, -0.15) is 0 Å². The average Bonchev–Trinajstić information content (AvgIpc) is 2.26. The van der Waals surface area contributed by atoms with Gasteiger partial charge in [-0.3, -0.25) is 4.79 Å². The zero-order chi connectivity index (χ0) is 13.7. The van der Waals surface area contributed by atoms with Gasteiger partial charge in [-0.05, 0) is 35.5 Å². The van der Waals surface area contributed by atoms with Crippen LogP contribution >= 0.6 is 0 Å². The standard InChI is InChI=1S/C17H24O/c1-11(2)12(3)9-15(18)17-10-14(13(17)4)7-8-16(17,5)6/h8,11-12H,4,9-10H2,1-3,5-6H3. The van der Waals surface area contributed by atoms with Crippen molar-refractivity contribution in [3.05, 3.63) is 29.5 Å². The Morgan fingerprint density at radius 3 is 2.50 bits per heavy atom. The predicted molar refractivity (Wildman–Crippen MR) is 75.2 cm³/mol. The van der Waals surface area contributed by atoms with Crippen LogP contribution in [0.1, 0.15) is 47.5 Å². The van der Waals surface area contributed by atoms with Gasteiger partial charge >= 0.3 is 0 Å². The molecular weight excluding hydrogens is 220 g/mol. The second kappa shape index (κ2) is 3.96. The van der Waals surface area contributed by atoms with Gasteiger partial charge in [0.15, 0.2) is 0 Å². The van der Waals surface area contributed by atoms with Gasteiger partial charge in [0.25, 0.3) is 0 Å². The van der Waals surface area contributed by atoms with Gasteiger partial charge in [0, 0.05) is 11.8 Å². The van der Waals surface area contributed by atoms with E-state index in [-0.39, 0.29) is 10.8 Å². The van der Waals surface area contributed by atoms with E-state index in [1.165, 1.54) is 0 Å². The van der Waals surface area contributed by atoms with E-state index in [1.54, 1.807) is 0 Å². The Balaban J connectivity index is 2.27. The average molecular weight is 244 g/mol. The fourth-order valence-corrected chi connectivity index (χ4v) is 3.10. The van der Waals surface area contributed by atoms with E-state index in [9.17, 15) is 4.79 Å². The first-order valence-electron chi connectivity index (χ1n) is 6.92. The van der Waals surface area contributed by atoms with Gasteiger partial charge in [0.1, 0.15) is 5.78 Å². The normalized spacial score (nSPS) is 29.9. The van der Waals surface area contributed by atoms with E-state index in [2.05, 4.69) is 53.0 Å². The molecule has 0 aromatic carbocycles. The van der Waals surface area contributed by atoms with Crippen molar-refractivity contribution in [2.75, 3.05) is 0 Å². The number of carbonyl (C=O) groups excluding carboxylic acids is 1. The largest absolute Gasteiger partial charge is 0.299 e. The number of hydrogen-bond acceptors (Lipinski definition) is 1. The van der Waals surface area contributed by atoms with Gasteiger partial charge in [0.05, 0.1) is 5.41 Å². The Morgan fingerprint density at radius 1 is 1.44 bits per heavy atom. The SMILES string of the molecule is C=C1C2=C=CC(C)(C)C1(C(=O)CC(C)C(C)C)C2. The summed E-state index contributed by atoms with van der Waals surface area (Å²) in [4.78, 5) is 12.8. The molecule has 0 aromatic heterocycles. The van der Waals surface area contributed by atoms with E-state index in [1.807, 2.05) is 0 Å². The van der Waals surface area contributed by atoms with Crippen molar-refractivity contribution in [1.82, 2.24) is 0 Å². The molecule has 0 N–H and O–H groups in total. The number of fused-ring (bicyclic) bond motifs is 1. The van der Waals surface area contributed by atoms with Crippen LogP contribution in [0.25, 0.3) is 0 Å². The molecule has 1 heteroatoms. The maximum atomic E-state index is 12.8. The lowest BCUT2D eigenvalue weighted by Crippen LogP contribution is -2.53. The molecule has 18 heavy (non-hydrogen) atoms. The van der Waals surface area contributed by atoms with Gasteiger partial charge in [0.2, 0.25) is 0 Å². The van der Waals surface area contributed by atoms with Crippen molar-refractivity contribution in [1.29, 1.82) is 0 Å². The third-order valence-electron chi connectivity index (χ3n) is 5.15. The first kappa shape index (κ1) is 13.4. The highest BCUT2D eigenvalue weighted by Crippen LogP contribution is 2.63. The number of Topliss-reactive ketones (excluding diaryl/α,β-unsaturated/α-hetero) is 1. The molecule has 1 saturated carbocycles. The predicted octanol–water partition coefficient (Wildman–Crippen LogP) is 4.31. The van der Waals surface area contributed by atoms with E-state index in [4.69, 9.17) is 0 Å². The molecule has 0 radical (unpaired) electrons. The highest BCUT2D eigenvalue weighted by molar-refractivity contribution is 5.94. The highest BCUT2D eigenvalue weighted by Gasteiger charge is 2.60. The lowest BCUT2D eigenvalue weighted by atomic mass is 9.45. The first-order chi connectivity index (χ1) is 8.22. The number of allylic oxidation sites excluding steroid dienone is 2. The fraction of sp³-hybridized carbons (Fsp3) is 0.647. The smallest absolute Gasteiger partial charge is 0.144 e. The topological polar surface area (TPSA) is 17.1 Å². The molecule has 2 unspecified atom stereocenters. The molecule has 1 nitrogen and oxygen atoms in total. The van der Waals surface area contributed by atoms with E-state index < -0.39 is 0 Å². The summed E-state index contributed by atoms with van der Waals surface area (Å²) < 4.78 is 0. The maximum absolute atomic E-state index is 12.8. The van der Waals surface area contributed by atoms with Crippen LogP contribution in [0.15, 0.2) is 29.5 Å². The second-order valence-corrected chi connectivity index (χ2v) is 6.90. The molecule has 3 rings (SSSR count). The summed E-state index contributed by atoms with van der Waals surface area (Å²) in [5, 5.41) is 0. The van der Waals surface area contributed by atoms with Crippen molar-refractivity contribution >= 4 is 5.78 Å². The van der Waals surface area contributed by atoms with Gasteiger partial charge in [-0.15, -0.1) is 5.73 Å². The molecule has 98 valence electrons. The summed E-state index contributed by atoms with van der Waals surface area (Å²) in [6.45, 7) is 15.0. The quantitative estimate of drug-likeness (QED) is 0.674. The van der Waals surface area contributed by atoms with Crippen molar-refractivity contribution in [2.24, 2.45) is 22.7 Å². The minimum atomic E-state index is -0.337. The molecule has 0 amide bonds. The first-order valence-corrected chi connectivity index (χ1v) is 6.92. The summed E-state index contributed by atoms with van der Waals surface area (Å²) in [6.07, 6.45) is 3.58. The van der Waals surface area contributed by atoms with E-state index >= 15 is 0 Å². The second-order valence-electron chi connectivity index (χ2n) is 6.90. The molecule has 1 fully saturated rings. The number of ketones is 1. The minimum absolute atomic E-state index is 0.139. The number of rotatable bonds is 4. The van der Waals surface area contributed by atoms with Crippen molar-refractivity contribution in [2.45, 2.75) is 47.5 Å². The van der Waals surface area contributed by atoms with Crippen LogP contribution in [0.3, 0.4) is 0 Å². The van der Waals surface area contributed by atoms with Crippen LogP contribution in [-0.4, -0.2) is 5.78 Å². The Kier molecular flexibility index (Phi) is 2.94. The summed E-state index contributed by atoms with van der Waals surface area (Å²) in [5.41, 5.74) is 4.98. The van der Waals surface area contributed by atoms with Crippen LogP contribution < -0.4 is 0 Å². The molecular formula is C17H24O. The zero-order valence-electron chi connectivity index (χ0n) is 12.3. The Morgan fingerprint density at radius 2 is 2.06 bits per heavy atom. The lowest BCUT2D eigenvalue weighted by molar-refractivity contribution is -0.134. The molecule has 3 aliphatic carbocycles. The molecule has 0 saturated heterocycles. The van der Waals surface area contributed by atoms with Crippen molar-refractivity contribution < 1.29 is 4.79 Å². The number of hydrogen-bond donors (Lipinski definition) is 0. The molecule has 0 spiro atoms. The third-order valence-corrected chi connectivity index (χ3v) is 5.15. The lowest BCUT2D eigenvalue weighted by Gasteiger charge is -2.55. The Labute approximate surface area is 111 Å². The van der Waals surface area contributed by atoms with Crippen molar-refractivity contribution in [3.8, 4) is 0 Å². The fourth-order valence-electron chi connectivity index (χ4n) is 3.10. The summed E-state index contributed by atoms with van der Waals surface area (Å²) in [6, 6.07) is 0. The number of carbonyl (C=O) groups is 1. The Hall–Kier alpha value is -1.07. The molecule has 0 aromatic rings. The van der Waals surface area contributed by atoms with Crippen molar-refractivity contribution in [3.63, 3.8) is 0 Å². The summed E-state index contributed by atoms with van der Waals surface area (Å²) >= 11 is 0. The van der Waals surface area contributed by atoms with Crippen LogP contribution in [-0.2, 0) is 4.79 Å². The summed E-state index contributed by atoms with van der Waals surface area (Å²) in [7, 11) is 0.